The first kappa shape index (κ1) is 18.5. The molecule has 1 saturated heterocycles. The number of H-pyrrole nitrogens is 1. The van der Waals surface area contributed by atoms with Gasteiger partial charge in [-0.3, -0.25) is 4.79 Å². The molecule has 4 rings (SSSR count). The molecule has 0 radical (unpaired) electrons. The molecule has 0 aliphatic carbocycles. The van der Waals surface area contributed by atoms with E-state index in [2.05, 4.69) is 46.6 Å². The largest absolute Gasteiger partial charge is 0.369 e. The van der Waals surface area contributed by atoms with E-state index in [1.54, 1.807) is 6.20 Å². The smallest absolute Gasteiger partial charge is 0.257 e. The fourth-order valence-electron chi connectivity index (χ4n) is 4.08. The molecule has 146 valence electrons. The molecule has 1 aliphatic heterocycles. The Hall–Kier alpha value is -2.82. The van der Waals surface area contributed by atoms with Crippen molar-refractivity contribution in [1.82, 2.24) is 14.9 Å². The molecule has 3 aromatic rings. The van der Waals surface area contributed by atoms with Gasteiger partial charge in [-0.1, -0.05) is 25.1 Å². The summed E-state index contributed by atoms with van der Waals surface area (Å²) in [5.41, 5.74) is 4.55. The number of aromatic nitrogens is 2. The monoisotopic (exact) mass is 376 g/mol. The first-order valence-corrected chi connectivity index (χ1v) is 10.3. The Morgan fingerprint density at radius 1 is 1.14 bits per heavy atom. The van der Waals surface area contributed by atoms with E-state index >= 15 is 0 Å². The number of amides is 1. The predicted octanol–water partition coefficient (Wildman–Crippen LogP) is 4.41. The summed E-state index contributed by atoms with van der Waals surface area (Å²) in [5, 5.41) is 4.68. The molecule has 0 atom stereocenters. The van der Waals surface area contributed by atoms with E-state index in [0.29, 0.717) is 11.4 Å². The van der Waals surface area contributed by atoms with Gasteiger partial charge in [0, 0.05) is 42.9 Å². The van der Waals surface area contributed by atoms with Crippen molar-refractivity contribution in [2.24, 2.45) is 0 Å². The van der Waals surface area contributed by atoms with Gasteiger partial charge >= 0.3 is 0 Å². The Morgan fingerprint density at radius 3 is 2.82 bits per heavy atom. The van der Waals surface area contributed by atoms with Gasteiger partial charge < -0.3 is 15.2 Å². The number of nitrogens with zero attached hydrogens (tertiary/aromatic N) is 2. The van der Waals surface area contributed by atoms with Crippen LogP contribution in [0.1, 0.15) is 47.7 Å². The average Bonchev–Trinajstić information content (AvgIpc) is 3.17. The summed E-state index contributed by atoms with van der Waals surface area (Å²) in [5.74, 6) is 0.780. The van der Waals surface area contributed by atoms with Crippen LogP contribution < -0.4 is 5.32 Å². The quantitative estimate of drug-likeness (QED) is 0.670. The average molecular weight is 377 g/mol. The molecule has 1 aliphatic rings. The SMILES string of the molecule is CCc1cccc2c(CCNc3ncccc3C(=O)N3CCCCC3)c[nH]c12. The highest BCUT2D eigenvalue weighted by Gasteiger charge is 2.21. The van der Waals surface area contributed by atoms with Crippen molar-refractivity contribution in [2.75, 3.05) is 25.0 Å². The third kappa shape index (κ3) is 3.75. The molecule has 0 spiro atoms. The van der Waals surface area contributed by atoms with Crippen LogP contribution in [0.5, 0.6) is 0 Å². The van der Waals surface area contributed by atoms with Gasteiger partial charge in [-0.25, -0.2) is 4.98 Å². The second-order valence-electron chi connectivity index (χ2n) is 7.44. The maximum atomic E-state index is 12.9. The van der Waals surface area contributed by atoms with Crippen molar-refractivity contribution < 1.29 is 4.79 Å². The minimum atomic E-state index is 0.0926. The highest BCUT2D eigenvalue weighted by atomic mass is 16.2. The van der Waals surface area contributed by atoms with E-state index in [9.17, 15) is 4.79 Å². The lowest BCUT2D eigenvalue weighted by molar-refractivity contribution is 0.0725. The van der Waals surface area contributed by atoms with Crippen molar-refractivity contribution in [3.05, 3.63) is 59.4 Å². The summed E-state index contributed by atoms with van der Waals surface area (Å²) < 4.78 is 0. The van der Waals surface area contributed by atoms with E-state index in [-0.39, 0.29) is 5.91 Å². The van der Waals surface area contributed by atoms with Gasteiger partial charge in [0.25, 0.3) is 5.91 Å². The maximum absolute atomic E-state index is 12.9. The molecule has 5 heteroatoms. The number of para-hydroxylation sites is 1. The van der Waals surface area contributed by atoms with Crippen LogP contribution in [0.3, 0.4) is 0 Å². The maximum Gasteiger partial charge on any atom is 0.257 e. The van der Waals surface area contributed by atoms with Gasteiger partial charge in [-0.2, -0.15) is 0 Å². The first-order chi connectivity index (χ1) is 13.8. The Morgan fingerprint density at radius 2 is 2.00 bits per heavy atom. The van der Waals surface area contributed by atoms with Gasteiger partial charge in [0.2, 0.25) is 0 Å². The molecule has 1 fully saturated rings. The summed E-state index contributed by atoms with van der Waals surface area (Å²) in [6.45, 7) is 4.62. The van der Waals surface area contributed by atoms with Crippen LogP contribution >= 0.6 is 0 Å². The standard InChI is InChI=1S/C23H28N4O/c1-2-17-8-6-9-19-18(16-26-21(17)19)11-13-25-22-20(10-7-12-24-22)23(28)27-14-4-3-5-15-27/h6-10,12,16,26H,2-5,11,13-15H2,1H3,(H,24,25). The molecule has 2 N–H and O–H groups in total. The lowest BCUT2D eigenvalue weighted by Crippen LogP contribution is -2.36. The van der Waals surface area contributed by atoms with Crippen LogP contribution in [0, 0.1) is 0 Å². The van der Waals surface area contributed by atoms with Crippen LogP contribution in [-0.4, -0.2) is 40.4 Å². The van der Waals surface area contributed by atoms with E-state index < -0.39 is 0 Å². The van der Waals surface area contributed by atoms with Gasteiger partial charge in [0.05, 0.1) is 5.56 Å². The van der Waals surface area contributed by atoms with Crippen LogP contribution in [0.2, 0.25) is 0 Å². The number of fused-ring (bicyclic) bond motifs is 1. The fourth-order valence-corrected chi connectivity index (χ4v) is 4.08. The van der Waals surface area contributed by atoms with E-state index in [0.717, 1.165) is 45.3 Å². The molecule has 1 aromatic carbocycles. The van der Waals surface area contributed by atoms with Crippen LogP contribution in [0.15, 0.2) is 42.7 Å². The van der Waals surface area contributed by atoms with Crippen molar-refractivity contribution in [3.63, 3.8) is 0 Å². The van der Waals surface area contributed by atoms with Gasteiger partial charge in [-0.15, -0.1) is 0 Å². The number of aromatic amines is 1. The Labute approximate surface area is 166 Å². The number of carbonyl (C=O) groups excluding carboxylic acids is 1. The molecule has 3 heterocycles. The molecule has 0 unspecified atom stereocenters. The molecular weight excluding hydrogens is 348 g/mol. The number of anilines is 1. The molecule has 0 bridgehead atoms. The Kier molecular flexibility index (Phi) is 5.60. The van der Waals surface area contributed by atoms with E-state index in [4.69, 9.17) is 0 Å². The van der Waals surface area contributed by atoms with Crippen molar-refractivity contribution >= 4 is 22.6 Å². The molecule has 1 amide bonds. The second kappa shape index (κ2) is 8.46. The zero-order valence-electron chi connectivity index (χ0n) is 16.5. The van der Waals surface area contributed by atoms with Gasteiger partial charge in [-0.05, 0) is 55.4 Å². The van der Waals surface area contributed by atoms with Crippen LogP contribution in [0.25, 0.3) is 10.9 Å². The summed E-state index contributed by atoms with van der Waals surface area (Å²) in [7, 11) is 0. The first-order valence-electron chi connectivity index (χ1n) is 10.3. The highest BCUT2D eigenvalue weighted by Crippen LogP contribution is 2.23. The normalized spacial score (nSPS) is 14.4. The van der Waals surface area contributed by atoms with Crippen molar-refractivity contribution in [2.45, 2.75) is 39.0 Å². The third-order valence-electron chi connectivity index (χ3n) is 5.64. The highest BCUT2D eigenvalue weighted by molar-refractivity contribution is 5.98. The van der Waals surface area contributed by atoms with Gasteiger partial charge in [0.1, 0.15) is 5.82 Å². The minimum absolute atomic E-state index is 0.0926. The molecule has 2 aromatic heterocycles. The molecule has 28 heavy (non-hydrogen) atoms. The van der Waals surface area contributed by atoms with Crippen LogP contribution in [0.4, 0.5) is 5.82 Å². The number of piperidine rings is 1. The lowest BCUT2D eigenvalue weighted by Gasteiger charge is -2.27. The Bertz CT molecular complexity index is 956. The molecule has 0 saturated carbocycles. The van der Waals surface area contributed by atoms with Crippen LogP contribution in [-0.2, 0) is 12.8 Å². The summed E-state index contributed by atoms with van der Waals surface area (Å²) >= 11 is 0. The van der Waals surface area contributed by atoms with Gasteiger partial charge in [0.15, 0.2) is 0 Å². The predicted molar refractivity (Wildman–Crippen MR) is 114 cm³/mol. The number of rotatable bonds is 6. The number of carbonyl (C=O) groups is 1. The topological polar surface area (TPSA) is 61.0 Å². The number of hydrogen-bond acceptors (Lipinski definition) is 3. The second-order valence-corrected chi connectivity index (χ2v) is 7.44. The summed E-state index contributed by atoms with van der Waals surface area (Å²) in [4.78, 5) is 22.7. The number of nitrogens with one attached hydrogen (secondary N) is 2. The molecular formula is C23H28N4O. The Balaban J connectivity index is 1.45. The number of pyridine rings is 1. The summed E-state index contributed by atoms with van der Waals surface area (Å²) in [6, 6.07) is 10.2. The van der Waals surface area contributed by atoms with E-state index in [1.165, 1.54) is 28.5 Å². The van der Waals surface area contributed by atoms with E-state index in [1.807, 2.05) is 17.0 Å². The fraction of sp³-hybridized carbons (Fsp3) is 0.391. The number of aryl methyl sites for hydroxylation is 1. The molecule has 5 nitrogen and oxygen atoms in total. The number of hydrogen-bond donors (Lipinski definition) is 2. The number of likely N-dealkylation sites (tertiary alicyclic amines) is 1. The summed E-state index contributed by atoms with van der Waals surface area (Å²) in [6.07, 6.45) is 9.14. The lowest BCUT2D eigenvalue weighted by atomic mass is 10.1. The minimum Gasteiger partial charge on any atom is -0.369 e. The third-order valence-corrected chi connectivity index (χ3v) is 5.64. The zero-order valence-corrected chi connectivity index (χ0v) is 16.5. The number of benzene rings is 1. The zero-order chi connectivity index (χ0) is 19.3. The van der Waals surface area contributed by atoms with Crippen molar-refractivity contribution in [3.8, 4) is 0 Å². The van der Waals surface area contributed by atoms with Crippen molar-refractivity contribution in [1.29, 1.82) is 0 Å².